The van der Waals surface area contributed by atoms with Gasteiger partial charge in [-0.15, -0.1) is 11.8 Å². The SMILES string of the molecule is COCCOCCOCCNc1cnc(C2=N[C@@](C)(C(=O)OC)CS2)c(O)c1. The Morgan fingerprint density at radius 3 is 2.64 bits per heavy atom. The van der Waals surface area contributed by atoms with E-state index in [1.54, 1.807) is 26.3 Å². The number of methoxy groups -OCH3 is 2. The molecule has 0 bridgehead atoms. The molecule has 2 N–H and O–H groups in total. The maximum absolute atomic E-state index is 11.8. The van der Waals surface area contributed by atoms with Crippen molar-refractivity contribution in [2.45, 2.75) is 12.5 Å². The number of nitrogens with zero attached hydrogens (tertiary/aromatic N) is 2. The van der Waals surface area contributed by atoms with Gasteiger partial charge in [0.2, 0.25) is 0 Å². The van der Waals surface area contributed by atoms with Crippen molar-refractivity contribution in [3.8, 4) is 5.75 Å². The summed E-state index contributed by atoms with van der Waals surface area (Å²) >= 11 is 1.37. The Balaban J connectivity index is 1.78. The van der Waals surface area contributed by atoms with Crippen LogP contribution in [0.3, 0.4) is 0 Å². The largest absolute Gasteiger partial charge is 0.506 e. The molecule has 0 amide bonds. The van der Waals surface area contributed by atoms with Crippen molar-refractivity contribution in [1.29, 1.82) is 0 Å². The minimum atomic E-state index is -0.954. The molecule has 0 saturated heterocycles. The van der Waals surface area contributed by atoms with Gasteiger partial charge < -0.3 is 29.4 Å². The lowest BCUT2D eigenvalue weighted by Crippen LogP contribution is -2.34. The zero-order chi connectivity index (χ0) is 20.4. The lowest BCUT2D eigenvalue weighted by atomic mass is 10.1. The van der Waals surface area contributed by atoms with Crippen molar-refractivity contribution < 1.29 is 28.8 Å². The summed E-state index contributed by atoms with van der Waals surface area (Å²) in [6.45, 7) is 4.91. The second-order valence-corrected chi connectivity index (χ2v) is 7.17. The molecule has 0 fully saturated rings. The summed E-state index contributed by atoms with van der Waals surface area (Å²) in [5.41, 5.74) is 0.0675. The number of aliphatic imine (C=N–C) groups is 1. The zero-order valence-electron chi connectivity index (χ0n) is 16.4. The van der Waals surface area contributed by atoms with Gasteiger partial charge in [-0.2, -0.15) is 0 Å². The van der Waals surface area contributed by atoms with Gasteiger partial charge in [0.1, 0.15) is 16.5 Å². The van der Waals surface area contributed by atoms with Gasteiger partial charge in [-0.1, -0.05) is 0 Å². The van der Waals surface area contributed by atoms with Gasteiger partial charge in [-0.05, 0) is 6.92 Å². The van der Waals surface area contributed by atoms with E-state index in [1.165, 1.54) is 18.9 Å². The molecular weight excluding hydrogens is 386 g/mol. The van der Waals surface area contributed by atoms with Gasteiger partial charge in [0, 0.05) is 25.5 Å². The van der Waals surface area contributed by atoms with Crippen molar-refractivity contribution in [3.63, 3.8) is 0 Å². The number of pyridine rings is 1. The first-order chi connectivity index (χ1) is 13.5. The highest BCUT2D eigenvalue weighted by molar-refractivity contribution is 8.14. The molecule has 1 aliphatic rings. The van der Waals surface area contributed by atoms with E-state index >= 15 is 0 Å². The highest BCUT2D eigenvalue weighted by Gasteiger charge is 2.40. The van der Waals surface area contributed by atoms with E-state index in [4.69, 9.17) is 18.9 Å². The lowest BCUT2D eigenvalue weighted by Gasteiger charge is -2.15. The molecule has 0 aliphatic carbocycles. The lowest BCUT2D eigenvalue weighted by molar-refractivity contribution is -0.145. The first-order valence-corrected chi connectivity index (χ1v) is 9.87. The number of hydrogen-bond donors (Lipinski definition) is 2. The third kappa shape index (κ3) is 6.33. The highest BCUT2D eigenvalue weighted by atomic mass is 32.2. The van der Waals surface area contributed by atoms with Crippen LogP contribution in [0.1, 0.15) is 12.6 Å². The number of carbonyl (C=O) groups excluding carboxylic acids is 1. The van der Waals surface area contributed by atoms with Crippen molar-refractivity contribution >= 4 is 28.5 Å². The third-order valence-electron chi connectivity index (χ3n) is 3.91. The number of thioether (sulfide) groups is 1. The molecule has 0 radical (unpaired) electrons. The smallest absolute Gasteiger partial charge is 0.334 e. The molecule has 1 aromatic heterocycles. The summed E-state index contributed by atoms with van der Waals surface area (Å²) in [6, 6.07) is 1.58. The second kappa shape index (κ2) is 11.2. The quantitative estimate of drug-likeness (QED) is 0.387. The number of hydrogen-bond acceptors (Lipinski definition) is 10. The van der Waals surface area contributed by atoms with E-state index in [1.807, 2.05) is 0 Å². The molecule has 9 nitrogen and oxygen atoms in total. The standard InChI is InChI=1S/C18H27N3O6S/c1-18(17(23)25-3)12-28-16(21-18)15-14(22)10-13(11-20-15)19-4-5-26-8-9-27-7-6-24-2/h10-11,19,22H,4-9,12H2,1-3H3/t18-/m1/s1. The van der Waals surface area contributed by atoms with Gasteiger partial charge in [0.25, 0.3) is 0 Å². The van der Waals surface area contributed by atoms with Gasteiger partial charge in [-0.25, -0.2) is 9.78 Å². The van der Waals surface area contributed by atoms with Crippen molar-refractivity contribution in [1.82, 2.24) is 4.98 Å². The molecule has 2 heterocycles. The minimum absolute atomic E-state index is 0.00201. The van der Waals surface area contributed by atoms with E-state index < -0.39 is 11.5 Å². The van der Waals surface area contributed by atoms with Crippen LogP contribution in [0.25, 0.3) is 0 Å². The number of nitrogens with one attached hydrogen (secondary N) is 1. The Morgan fingerprint density at radius 2 is 1.96 bits per heavy atom. The van der Waals surface area contributed by atoms with Crippen LogP contribution in [0.15, 0.2) is 17.3 Å². The summed E-state index contributed by atoms with van der Waals surface area (Å²) < 4.78 is 20.4. The number of aromatic nitrogens is 1. The molecule has 1 atom stereocenters. The molecule has 0 unspecified atom stereocenters. The Bertz CT molecular complexity index is 687. The van der Waals surface area contributed by atoms with Crippen LogP contribution in [0.4, 0.5) is 5.69 Å². The predicted molar refractivity (Wildman–Crippen MR) is 107 cm³/mol. The third-order valence-corrected chi connectivity index (χ3v) is 5.18. The maximum atomic E-state index is 11.8. The number of esters is 1. The van der Waals surface area contributed by atoms with E-state index in [0.717, 1.165) is 0 Å². The molecule has 0 spiro atoms. The highest BCUT2D eigenvalue weighted by Crippen LogP contribution is 2.34. The average molecular weight is 413 g/mol. The number of aromatic hydroxyl groups is 1. The fourth-order valence-electron chi connectivity index (χ4n) is 2.39. The molecule has 156 valence electrons. The van der Waals surface area contributed by atoms with Crippen LogP contribution in [-0.4, -0.2) is 86.2 Å². The molecule has 10 heteroatoms. The van der Waals surface area contributed by atoms with Gasteiger partial charge >= 0.3 is 5.97 Å². The summed E-state index contributed by atoms with van der Waals surface area (Å²) in [5.74, 6) is 0.0394. The van der Waals surface area contributed by atoms with E-state index in [9.17, 15) is 9.90 Å². The molecule has 2 rings (SSSR count). The maximum Gasteiger partial charge on any atom is 0.334 e. The average Bonchev–Trinajstić information content (AvgIpc) is 3.09. The Kier molecular flexibility index (Phi) is 8.97. The van der Waals surface area contributed by atoms with E-state index in [2.05, 4.69) is 15.3 Å². The first-order valence-electron chi connectivity index (χ1n) is 8.89. The number of ether oxygens (including phenoxy) is 4. The van der Waals surface area contributed by atoms with Crippen molar-refractivity contribution in [2.75, 3.05) is 64.9 Å². The van der Waals surface area contributed by atoms with Crippen LogP contribution in [0.2, 0.25) is 0 Å². The predicted octanol–water partition coefficient (Wildman–Crippen LogP) is 1.30. The Morgan fingerprint density at radius 1 is 1.25 bits per heavy atom. The Labute approximate surface area is 168 Å². The number of rotatable bonds is 12. The van der Waals surface area contributed by atoms with Crippen LogP contribution in [0.5, 0.6) is 5.75 Å². The monoisotopic (exact) mass is 413 g/mol. The summed E-state index contributed by atoms with van der Waals surface area (Å²) in [7, 11) is 2.96. The molecule has 1 aromatic rings. The topological polar surface area (TPSA) is 112 Å². The van der Waals surface area contributed by atoms with Crippen LogP contribution in [0, 0.1) is 0 Å². The molecule has 0 saturated carbocycles. The van der Waals surface area contributed by atoms with Crippen LogP contribution in [-0.2, 0) is 23.7 Å². The Hall–Kier alpha value is -1.88. The molecule has 28 heavy (non-hydrogen) atoms. The van der Waals surface area contributed by atoms with Gasteiger partial charge in [0.15, 0.2) is 5.54 Å². The van der Waals surface area contributed by atoms with Crippen molar-refractivity contribution in [2.24, 2.45) is 4.99 Å². The molecule has 1 aliphatic heterocycles. The second-order valence-electron chi connectivity index (χ2n) is 6.21. The number of carbonyl (C=O) groups is 1. The van der Waals surface area contributed by atoms with Gasteiger partial charge in [0.05, 0.1) is 52.0 Å². The normalized spacial score (nSPS) is 18.8. The van der Waals surface area contributed by atoms with Crippen LogP contribution >= 0.6 is 11.8 Å². The molecular formula is C18H27N3O6S. The van der Waals surface area contributed by atoms with Gasteiger partial charge in [-0.3, -0.25) is 4.99 Å². The van der Waals surface area contributed by atoms with Crippen molar-refractivity contribution in [3.05, 3.63) is 18.0 Å². The van der Waals surface area contributed by atoms with E-state index in [0.29, 0.717) is 61.8 Å². The molecule has 0 aromatic carbocycles. The summed E-state index contributed by atoms with van der Waals surface area (Å²) in [5, 5.41) is 13.9. The fraction of sp³-hybridized carbons (Fsp3) is 0.611. The number of anilines is 1. The fourth-order valence-corrected chi connectivity index (χ4v) is 3.55. The van der Waals surface area contributed by atoms with E-state index in [-0.39, 0.29) is 5.75 Å². The summed E-state index contributed by atoms with van der Waals surface area (Å²) in [6.07, 6.45) is 1.61. The summed E-state index contributed by atoms with van der Waals surface area (Å²) in [4.78, 5) is 20.5. The zero-order valence-corrected chi connectivity index (χ0v) is 17.2. The first kappa shape index (κ1) is 22.4. The minimum Gasteiger partial charge on any atom is -0.506 e. The van der Waals surface area contributed by atoms with Crippen LogP contribution < -0.4 is 5.32 Å².